The molecule has 1 aliphatic rings. The van der Waals surface area contributed by atoms with Crippen LogP contribution in [0.5, 0.6) is 5.75 Å². The molecule has 3 nitrogen and oxygen atoms in total. The van der Waals surface area contributed by atoms with Gasteiger partial charge in [0.05, 0.1) is 6.61 Å². The monoisotopic (exact) mass is 221 g/mol. The number of rotatable bonds is 6. The lowest BCUT2D eigenvalue weighted by atomic mass is 10.1. The standard InChI is InChI=1S/C13H19NO2/c1-10-3-2-4-12(7-14)13(10)16-9-15-8-11-5-6-11/h2-4,11H,5-9,14H2,1H3. The maximum Gasteiger partial charge on any atom is 0.189 e. The van der Waals surface area contributed by atoms with E-state index in [2.05, 4.69) is 0 Å². The summed E-state index contributed by atoms with van der Waals surface area (Å²) in [4.78, 5) is 0. The third-order valence-electron chi connectivity index (χ3n) is 2.85. The van der Waals surface area contributed by atoms with Crippen molar-refractivity contribution < 1.29 is 9.47 Å². The molecule has 0 saturated heterocycles. The molecule has 2 N–H and O–H groups in total. The lowest BCUT2D eigenvalue weighted by Crippen LogP contribution is -2.09. The van der Waals surface area contributed by atoms with Crippen LogP contribution in [0.2, 0.25) is 0 Å². The minimum absolute atomic E-state index is 0.328. The van der Waals surface area contributed by atoms with Gasteiger partial charge in [-0.25, -0.2) is 0 Å². The Labute approximate surface area is 96.5 Å². The van der Waals surface area contributed by atoms with Crippen molar-refractivity contribution in [1.29, 1.82) is 0 Å². The molecular formula is C13H19NO2. The largest absolute Gasteiger partial charge is 0.467 e. The summed E-state index contributed by atoms with van der Waals surface area (Å²) in [5.41, 5.74) is 7.81. The van der Waals surface area contributed by atoms with Gasteiger partial charge in [0, 0.05) is 12.1 Å². The zero-order valence-electron chi connectivity index (χ0n) is 9.74. The molecule has 2 rings (SSSR count). The van der Waals surface area contributed by atoms with Crippen LogP contribution >= 0.6 is 0 Å². The molecule has 0 aliphatic heterocycles. The van der Waals surface area contributed by atoms with Gasteiger partial charge in [0.2, 0.25) is 0 Å². The van der Waals surface area contributed by atoms with E-state index in [9.17, 15) is 0 Å². The van der Waals surface area contributed by atoms with Gasteiger partial charge >= 0.3 is 0 Å². The number of para-hydroxylation sites is 1. The molecule has 3 heteroatoms. The Morgan fingerprint density at radius 3 is 2.88 bits per heavy atom. The van der Waals surface area contributed by atoms with E-state index in [0.717, 1.165) is 29.4 Å². The lowest BCUT2D eigenvalue weighted by Gasteiger charge is -2.13. The number of benzene rings is 1. The second-order valence-corrected chi connectivity index (χ2v) is 4.34. The van der Waals surface area contributed by atoms with Gasteiger partial charge in [-0.1, -0.05) is 18.2 Å². The third-order valence-corrected chi connectivity index (χ3v) is 2.85. The zero-order valence-corrected chi connectivity index (χ0v) is 9.74. The highest BCUT2D eigenvalue weighted by Crippen LogP contribution is 2.29. The normalized spacial score (nSPS) is 15.1. The van der Waals surface area contributed by atoms with Gasteiger partial charge in [-0.15, -0.1) is 0 Å². The molecule has 1 fully saturated rings. The average Bonchev–Trinajstić information content (AvgIpc) is 3.09. The van der Waals surface area contributed by atoms with Crippen LogP contribution in [-0.2, 0) is 11.3 Å². The van der Waals surface area contributed by atoms with Crippen molar-refractivity contribution in [3.05, 3.63) is 29.3 Å². The third kappa shape index (κ3) is 2.97. The van der Waals surface area contributed by atoms with Crippen LogP contribution in [0, 0.1) is 12.8 Å². The molecule has 0 bridgehead atoms. The molecule has 0 spiro atoms. The molecule has 0 atom stereocenters. The Bertz CT molecular complexity index is 348. The first-order chi connectivity index (χ1) is 7.81. The molecule has 0 heterocycles. The molecule has 1 aliphatic carbocycles. The Balaban J connectivity index is 1.86. The topological polar surface area (TPSA) is 44.5 Å². The average molecular weight is 221 g/mol. The highest BCUT2D eigenvalue weighted by Gasteiger charge is 2.21. The van der Waals surface area contributed by atoms with E-state index >= 15 is 0 Å². The predicted molar refractivity (Wildman–Crippen MR) is 63.2 cm³/mol. The fourth-order valence-electron chi connectivity index (χ4n) is 1.68. The van der Waals surface area contributed by atoms with Crippen LogP contribution in [0.4, 0.5) is 0 Å². The van der Waals surface area contributed by atoms with Crippen LogP contribution in [0.15, 0.2) is 18.2 Å². The van der Waals surface area contributed by atoms with Crippen molar-refractivity contribution in [3.63, 3.8) is 0 Å². The summed E-state index contributed by atoms with van der Waals surface area (Å²) >= 11 is 0. The van der Waals surface area contributed by atoms with Crippen molar-refractivity contribution in [2.45, 2.75) is 26.3 Å². The Morgan fingerprint density at radius 1 is 1.38 bits per heavy atom. The zero-order chi connectivity index (χ0) is 11.4. The van der Waals surface area contributed by atoms with Crippen molar-refractivity contribution in [1.82, 2.24) is 0 Å². The maximum absolute atomic E-state index is 5.66. The molecule has 0 radical (unpaired) electrons. The van der Waals surface area contributed by atoms with Crippen molar-refractivity contribution in [3.8, 4) is 5.75 Å². The summed E-state index contributed by atoms with van der Waals surface area (Å²) in [6, 6.07) is 6.01. The molecule has 88 valence electrons. The Kier molecular flexibility index (Phi) is 3.80. The van der Waals surface area contributed by atoms with Crippen LogP contribution < -0.4 is 10.5 Å². The smallest absolute Gasteiger partial charge is 0.189 e. The van der Waals surface area contributed by atoms with Gasteiger partial charge < -0.3 is 15.2 Å². The summed E-state index contributed by atoms with van der Waals surface area (Å²) < 4.78 is 11.1. The Hall–Kier alpha value is -1.06. The number of ether oxygens (including phenoxy) is 2. The van der Waals surface area contributed by atoms with E-state index in [4.69, 9.17) is 15.2 Å². The molecule has 1 saturated carbocycles. The van der Waals surface area contributed by atoms with Crippen molar-refractivity contribution in [2.24, 2.45) is 11.7 Å². The van der Waals surface area contributed by atoms with Crippen molar-refractivity contribution >= 4 is 0 Å². The molecule has 0 amide bonds. The summed E-state index contributed by atoms with van der Waals surface area (Å²) in [6.45, 7) is 3.67. The summed E-state index contributed by atoms with van der Waals surface area (Å²) in [5, 5.41) is 0. The van der Waals surface area contributed by atoms with E-state index in [1.54, 1.807) is 0 Å². The summed E-state index contributed by atoms with van der Waals surface area (Å²) in [7, 11) is 0. The molecule has 1 aromatic carbocycles. The van der Waals surface area contributed by atoms with Crippen LogP contribution in [0.25, 0.3) is 0 Å². The predicted octanol–water partition coefficient (Wildman–Crippen LogP) is 2.22. The van der Waals surface area contributed by atoms with E-state index in [0.29, 0.717) is 13.3 Å². The fraction of sp³-hybridized carbons (Fsp3) is 0.538. The molecule has 0 aromatic heterocycles. The van der Waals surface area contributed by atoms with Gasteiger partial charge in [0.15, 0.2) is 6.79 Å². The second kappa shape index (κ2) is 5.32. The van der Waals surface area contributed by atoms with Gasteiger partial charge in [-0.05, 0) is 31.2 Å². The van der Waals surface area contributed by atoms with E-state index in [1.807, 2.05) is 25.1 Å². The number of hydrogen-bond donors (Lipinski definition) is 1. The Morgan fingerprint density at radius 2 is 2.19 bits per heavy atom. The number of hydrogen-bond acceptors (Lipinski definition) is 3. The first kappa shape index (κ1) is 11.4. The summed E-state index contributed by atoms with van der Waals surface area (Å²) in [6.07, 6.45) is 2.61. The number of nitrogens with two attached hydrogens (primary N) is 1. The van der Waals surface area contributed by atoms with E-state index in [-0.39, 0.29) is 0 Å². The van der Waals surface area contributed by atoms with Gasteiger partial charge in [0.1, 0.15) is 5.75 Å². The van der Waals surface area contributed by atoms with Crippen LogP contribution in [0.3, 0.4) is 0 Å². The molecule has 0 unspecified atom stereocenters. The fourth-order valence-corrected chi connectivity index (χ4v) is 1.68. The van der Waals surface area contributed by atoms with E-state index in [1.165, 1.54) is 12.8 Å². The van der Waals surface area contributed by atoms with Gasteiger partial charge in [-0.2, -0.15) is 0 Å². The highest BCUT2D eigenvalue weighted by atomic mass is 16.7. The SMILES string of the molecule is Cc1cccc(CN)c1OCOCC1CC1. The van der Waals surface area contributed by atoms with Gasteiger partial charge in [-0.3, -0.25) is 0 Å². The first-order valence-corrected chi connectivity index (χ1v) is 5.80. The highest BCUT2D eigenvalue weighted by molar-refractivity contribution is 5.40. The molecular weight excluding hydrogens is 202 g/mol. The minimum atomic E-state index is 0.328. The van der Waals surface area contributed by atoms with Crippen LogP contribution in [-0.4, -0.2) is 13.4 Å². The van der Waals surface area contributed by atoms with Crippen molar-refractivity contribution in [2.75, 3.05) is 13.4 Å². The summed E-state index contributed by atoms with van der Waals surface area (Å²) in [5.74, 6) is 1.65. The van der Waals surface area contributed by atoms with E-state index < -0.39 is 0 Å². The minimum Gasteiger partial charge on any atom is -0.467 e. The second-order valence-electron chi connectivity index (χ2n) is 4.34. The first-order valence-electron chi connectivity index (χ1n) is 5.80. The van der Waals surface area contributed by atoms with Gasteiger partial charge in [0.25, 0.3) is 0 Å². The molecule has 16 heavy (non-hydrogen) atoms. The van der Waals surface area contributed by atoms with Crippen LogP contribution in [0.1, 0.15) is 24.0 Å². The quantitative estimate of drug-likeness (QED) is 0.591. The maximum atomic E-state index is 5.66. The number of aryl methyl sites for hydroxylation is 1. The lowest BCUT2D eigenvalue weighted by molar-refractivity contribution is 0.00910. The molecule has 1 aromatic rings.